The van der Waals surface area contributed by atoms with E-state index in [0.29, 0.717) is 0 Å². The Labute approximate surface area is 757 Å². The molecular formula is C74H122N4O56. The van der Waals surface area contributed by atoms with E-state index in [2.05, 4.69) is 21.3 Å². The lowest BCUT2D eigenvalue weighted by molar-refractivity contribution is -0.398. The van der Waals surface area contributed by atoms with Gasteiger partial charge in [-0.25, -0.2) is 4.79 Å². The number of hydrogen-bond acceptors (Lipinski definition) is 55. The summed E-state index contributed by atoms with van der Waals surface area (Å²) in [7, 11) is 0. The summed E-state index contributed by atoms with van der Waals surface area (Å²) < 4.78 is 124. The second-order valence-corrected chi connectivity index (χ2v) is 33.8. The smallest absolute Gasteiger partial charge is 0.335 e. The molecule has 0 aromatic carbocycles. The van der Waals surface area contributed by atoms with Crippen LogP contribution in [0.25, 0.3) is 0 Å². The standard InChI is InChI=1S/C74H122N4O56/c1-15-33(90)43(100)48(105)68(116-15)115-14-28-56(40(97)29(64(113)117-28)75-16(2)86)127-65-30(76-17(3)87)42(99)55(26(12-85)123-65)128-73-53(110)60(39(96)27(125-73)13-114-69-51(108)58(37(94)23(9-82)119-69)130-70-49(106)44(101)34(91)20(6-79)120-70)132-74-62(46(103)35(92)21(7-80)122-74)134-66-31(77-18(4)88)41(98)54(25(11-84)124-66)126-67-32(78-19(5)89)57(36(93)22(8-81)118-67)129-72-52(109)59(38(95)24(10-83)121-72)131-71-50(107)45(102)47(104)61(133-71)63(111)112/h15,20-62,64-74,79-85,90-110,113H,6-14H2,1-5H3,(H,75,86)(H,76,87)(H,77,88)(H,78,89)(H,111,112)/t15-,20+,21+,22+,23+,24+,25+,26+,27+,28+,29+,30+,31+,32+,33+,34+,35+,36-,37+,38-,39+,40+,41+,42+,43+,44-,45-,46-,47-,48-,49-,50+,51-,52+,53-,54+,55+,56+,57+,58-,59-,60-,61-,62-,64+,65-,66-,67-,68+,69-,70+,71+,72-,73-,74+/m0/s1. The first-order valence-electron chi connectivity index (χ1n) is 42.5. The average Bonchev–Trinajstić information content (AvgIpc) is 0.763. The van der Waals surface area contributed by atoms with E-state index in [9.17, 15) is 177 Å². The van der Waals surface area contributed by atoms with Crippen molar-refractivity contribution in [1.82, 2.24) is 21.3 Å². The van der Waals surface area contributed by atoms with Crippen molar-refractivity contribution < 1.29 is 277 Å². The molecule has 11 saturated heterocycles. The zero-order valence-electron chi connectivity index (χ0n) is 71.6. The van der Waals surface area contributed by atoms with Crippen LogP contribution < -0.4 is 21.3 Å². The highest BCUT2D eigenvalue weighted by Crippen LogP contribution is 2.42. The third-order valence-corrected chi connectivity index (χ3v) is 24.5. The molecule has 0 unspecified atom stereocenters. The number of carbonyl (C=O) groups is 5. The van der Waals surface area contributed by atoms with Crippen molar-refractivity contribution in [3.63, 3.8) is 0 Å². The van der Waals surface area contributed by atoms with Crippen molar-refractivity contribution in [1.29, 1.82) is 0 Å². The number of carbonyl (C=O) groups excluding carboxylic acids is 4. The highest BCUT2D eigenvalue weighted by Gasteiger charge is 2.63. The predicted molar refractivity (Wildman–Crippen MR) is 408 cm³/mol. The molecule has 34 N–H and O–H groups in total. The molecule has 11 aliphatic rings. The quantitative estimate of drug-likeness (QED) is 0.0284. The molecule has 55 atom stereocenters. The number of nitrogens with one attached hydrogen (secondary N) is 4. The molecule has 11 heterocycles. The molecule has 60 nitrogen and oxygen atoms in total. The molecule has 0 spiro atoms. The van der Waals surface area contributed by atoms with Crippen LogP contribution in [0, 0.1) is 0 Å². The summed E-state index contributed by atoms with van der Waals surface area (Å²) >= 11 is 0. The number of aliphatic hydroxyl groups is 29. The van der Waals surface area contributed by atoms with E-state index in [0.717, 1.165) is 27.7 Å². The molecule has 11 aliphatic heterocycles. The summed E-state index contributed by atoms with van der Waals surface area (Å²) in [6.45, 7) is -5.44. The molecule has 0 aliphatic carbocycles. The number of rotatable bonds is 34. The number of hydrogen-bond donors (Lipinski definition) is 34. The fourth-order valence-corrected chi connectivity index (χ4v) is 17.3. The number of carboxylic acid groups (broad SMARTS) is 1. The Morgan fingerprint density at radius 3 is 0.978 bits per heavy atom. The van der Waals surface area contributed by atoms with E-state index in [-0.39, 0.29) is 0 Å². The first-order chi connectivity index (χ1) is 63.3. The Hall–Kier alpha value is -4.65. The number of ether oxygens (including phenoxy) is 21. The maximum Gasteiger partial charge on any atom is 0.335 e. The fourth-order valence-electron chi connectivity index (χ4n) is 17.3. The van der Waals surface area contributed by atoms with Crippen molar-refractivity contribution >= 4 is 29.6 Å². The van der Waals surface area contributed by atoms with Crippen molar-refractivity contribution in [3.05, 3.63) is 0 Å². The van der Waals surface area contributed by atoms with E-state index in [1.165, 1.54) is 6.92 Å². The van der Waals surface area contributed by atoms with E-state index >= 15 is 0 Å². The molecule has 60 heteroatoms. The van der Waals surface area contributed by atoms with Gasteiger partial charge in [-0.15, -0.1) is 0 Å². The molecule has 0 radical (unpaired) electrons. The summed E-state index contributed by atoms with van der Waals surface area (Å²) in [5.41, 5.74) is 0. The van der Waals surface area contributed by atoms with Crippen LogP contribution in [0.4, 0.5) is 0 Å². The Kier molecular flexibility index (Phi) is 38.9. The van der Waals surface area contributed by atoms with Gasteiger partial charge in [-0.3, -0.25) is 19.2 Å². The highest BCUT2D eigenvalue weighted by molar-refractivity contribution is 5.75. The average molecular weight is 1960 g/mol. The molecule has 11 fully saturated rings. The van der Waals surface area contributed by atoms with Crippen LogP contribution in [0.1, 0.15) is 34.6 Å². The minimum atomic E-state index is -2.65. The third kappa shape index (κ3) is 24.0. The van der Waals surface area contributed by atoms with Crippen LogP contribution in [-0.2, 0) is 123 Å². The van der Waals surface area contributed by atoms with Crippen molar-refractivity contribution in [3.8, 4) is 0 Å². The van der Waals surface area contributed by atoms with E-state index < -0.39 is 427 Å². The Bertz CT molecular complexity index is 3720. The second-order valence-electron chi connectivity index (χ2n) is 33.8. The zero-order chi connectivity index (χ0) is 98.7. The first-order valence-corrected chi connectivity index (χ1v) is 42.5. The lowest BCUT2D eigenvalue weighted by Crippen LogP contribution is -2.71. The molecule has 4 amide bonds. The van der Waals surface area contributed by atoms with Crippen molar-refractivity contribution in [2.75, 3.05) is 59.5 Å². The molecule has 774 valence electrons. The van der Waals surface area contributed by atoms with Gasteiger partial charge in [-0.2, -0.15) is 0 Å². The molecule has 0 bridgehead atoms. The second kappa shape index (κ2) is 47.5. The molecule has 0 aromatic rings. The summed E-state index contributed by atoms with van der Waals surface area (Å²) in [6, 6.07) is -7.96. The molecular weight excluding hydrogens is 1840 g/mol. The van der Waals surface area contributed by atoms with E-state index in [1.54, 1.807) is 0 Å². The molecule has 0 aromatic heterocycles. The highest BCUT2D eigenvalue weighted by atomic mass is 16.8. The van der Waals surface area contributed by atoms with Gasteiger partial charge in [0.05, 0.1) is 65.6 Å². The van der Waals surface area contributed by atoms with Gasteiger partial charge in [-0.05, 0) is 6.92 Å². The van der Waals surface area contributed by atoms with Gasteiger partial charge in [-0.1, -0.05) is 0 Å². The van der Waals surface area contributed by atoms with Gasteiger partial charge in [0.25, 0.3) is 0 Å². The van der Waals surface area contributed by atoms with Gasteiger partial charge in [0.15, 0.2) is 75.3 Å². The third-order valence-electron chi connectivity index (χ3n) is 24.5. The van der Waals surface area contributed by atoms with Gasteiger partial charge in [0, 0.05) is 27.7 Å². The van der Waals surface area contributed by atoms with Gasteiger partial charge in [0.1, 0.15) is 256 Å². The Balaban J connectivity index is 0.890. The Morgan fingerprint density at radius 2 is 0.515 bits per heavy atom. The maximum absolute atomic E-state index is 13.4. The van der Waals surface area contributed by atoms with Crippen molar-refractivity contribution in [2.24, 2.45) is 0 Å². The summed E-state index contributed by atoms with van der Waals surface area (Å²) in [5.74, 6) is -5.82. The lowest BCUT2D eigenvalue weighted by atomic mass is 9.93. The maximum atomic E-state index is 13.4. The van der Waals surface area contributed by atoms with Crippen LogP contribution in [0.5, 0.6) is 0 Å². The monoisotopic (exact) mass is 1960 g/mol. The van der Waals surface area contributed by atoms with Crippen LogP contribution >= 0.6 is 0 Å². The van der Waals surface area contributed by atoms with Gasteiger partial charge in [0.2, 0.25) is 23.6 Å². The van der Waals surface area contributed by atoms with Crippen LogP contribution in [0.3, 0.4) is 0 Å². The number of amides is 4. The zero-order valence-corrected chi connectivity index (χ0v) is 71.6. The minimum absolute atomic E-state index is 0.856. The number of aliphatic carboxylic acids is 1. The van der Waals surface area contributed by atoms with E-state index in [4.69, 9.17) is 99.5 Å². The number of carboxylic acids is 1. The summed E-state index contributed by atoms with van der Waals surface area (Å²) in [4.78, 5) is 64.3. The van der Waals surface area contributed by atoms with E-state index in [1.807, 2.05) is 0 Å². The summed E-state index contributed by atoms with van der Waals surface area (Å²) in [5, 5.41) is 345. The Morgan fingerprint density at radius 1 is 0.231 bits per heavy atom. The van der Waals surface area contributed by atoms with Crippen LogP contribution in [0.15, 0.2) is 0 Å². The molecule has 134 heavy (non-hydrogen) atoms. The topological polar surface area (TPSA) is 934 Å². The SMILES string of the molecule is CC(=O)N[C@@H]1[C@@H](O)[C@H](O[C@@H]2O[C@H](CO)[C@@H](O[C@@H]3O[C@H](CO[C@H]4O[C@H](CO)[C@@H](O)[C@H](O[C@H]5O[C@H](CO)[C@@H](O)[C@H](O)[C@@H]5O)[C@@H]4O)[C@@H](O)[C@H](O[C@H]4O[C@H](CO)[C@@H](O)[C@H](O)[C@@H]4O[C@@H]4O[C@H](CO)[C@@H](O[C@@H]5O[C@H](CO)[C@H](O)[C@H](O[C@@H]6O[C@H](CO)[C@H](O)[C@H](O[C@@H]7O[C@H](C(=O)O)[C@@H](O)[C@H](O)[C@H]7O)[C@H]6O)[C@H]5NC(C)=O)[C@H](O)[C@H]4NC(C)=O)[C@@H]3O)[C@H](O)[C@H]2NC(C)=O)[C@@H](CO[C@@H]2O[C@@H](C)[C@@H](O)[C@@H](O)[C@@H]2O)O[C@H]1O. The predicted octanol–water partition coefficient (Wildman–Crippen LogP) is -23.3. The van der Waals surface area contributed by atoms with Gasteiger partial charge < -0.3 is 274 Å². The van der Waals surface area contributed by atoms with Crippen molar-refractivity contribution in [2.45, 2.75) is 372 Å². The fraction of sp³-hybridized carbons (Fsp3) is 0.932. The normalized spacial score (nSPS) is 49.8. The largest absolute Gasteiger partial charge is 0.479 e. The summed E-state index contributed by atoms with van der Waals surface area (Å²) in [6.07, 6.45) is -110. The van der Waals surface area contributed by atoms with Gasteiger partial charge >= 0.3 is 5.97 Å². The lowest BCUT2D eigenvalue weighted by Gasteiger charge is -2.51. The molecule has 11 rings (SSSR count). The molecule has 0 saturated carbocycles. The van der Waals surface area contributed by atoms with Crippen LogP contribution in [-0.4, -0.2) is 580 Å². The van der Waals surface area contributed by atoms with Crippen LogP contribution in [0.2, 0.25) is 0 Å². The number of aliphatic hydroxyl groups excluding tert-OH is 29. The first kappa shape index (κ1) is 110. The minimum Gasteiger partial charge on any atom is -0.479 e.